The molecule has 4 aliphatic carbocycles. The maximum absolute atomic E-state index is 13.4. The molecule has 0 aliphatic heterocycles. The van der Waals surface area contributed by atoms with Crippen LogP contribution in [-0.4, -0.2) is 10.9 Å². The zero-order chi connectivity index (χ0) is 17.1. The molecule has 3 nitrogen and oxygen atoms in total. The molecule has 0 spiro atoms. The van der Waals surface area contributed by atoms with Gasteiger partial charge in [-0.15, -0.1) is 0 Å². The van der Waals surface area contributed by atoms with Gasteiger partial charge in [-0.2, -0.15) is 0 Å². The van der Waals surface area contributed by atoms with E-state index in [-0.39, 0.29) is 22.2 Å². The molecule has 3 heteroatoms. The van der Waals surface area contributed by atoms with Crippen LogP contribution in [0.25, 0.3) is 0 Å². The van der Waals surface area contributed by atoms with E-state index in [1.807, 2.05) is 12.1 Å². The Hall–Kier alpha value is -2.16. The molecule has 4 fully saturated rings. The minimum atomic E-state index is -0.227. The lowest BCUT2D eigenvalue weighted by atomic mass is 9.63. The number of amides is 1. The minimum absolute atomic E-state index is 0.114. The molecular formula is C22H24N2O. The summed E-state index contributed by atoms with van der Waals surface area (Å²) in [5, 5.41) is 3.20. The van der Waals surface area contributed by atoms with Gasteiger partial charge in [0.15, 0.2) is 0 Å². The van der Waals surface area contributed by atoms with Crippen molar-refractivity contribution < 1.29 is 4.79 Å². The molecule has 4 unspecified atom stereocenters. The first-order valence-electron chi connectivity index (χ1n) is 9.32. The Labute approximate surface area is 148 Å². The van der Waals surface area contributed by atoms with Crippen molar-refractivity contribution in [2.24, 2.45) is 16.7 Å². The van der Waals surface area contributed by atoms with Gasteiger partial charge in [-0.3, -0.25) is 9.78 Å². The van der Waals surface area contributed by atoms with Crippen LogP contribution in [0.15, 0.2) is 54.9 Å². The molecule has 4 bridgehead atoms. The molecule has 6 rings (SSSR count). The third kappa shape index (κ3) is 1.98. The predicted octanol–water partition coefficient (Wildman–Crippen LogP) is 4.56. The summed E-state index contributed by atoms with van der Waals surface area (Å²) in [6.45, 7) is 2.36. The van der Waals surface area contributed by atoms with Crippen molar-refractivity contribution in [2.75, 3.05) is 5.32 Å². The number of pyridine rings is 1. The smallest absolute Gasteiger partial charge is 0.231 e. The van der Waals surface area contributed by atoms with Crippen LogP contribution in [0.4, 0.5) is 5.69 Å². The van der Waals surface area contributed by atoms with Crippen LogP contribution in [-0.2, 0) is 10.2 Å². The highest BCUT2D eigenvalue weighted by atomic mass is 16.2. The fraction of sp³-hybridized carbons (Fsp3) is 0.455. The zero-order valence-electron chi connectivity index (χ0n) is 14.7. The molecule has 1 amide bonds. The van der Waals surface area contributed by atoms with E-state index in [0.717, 1.165) is 24.9 Å². The zero-order valence-corrected chi connectivity index (χ0v) is 14.7. The summed E-state index contributed by atoms with van der Waals surface area (Å²) < 4.78 is 0. The quantitative estimate of drug-likeness (QED) is 0.895. The number of aromatic nitrogens is 1. The Bertz CT molecular complexity index is 820. The van der Waals surface area contributed by atoms with Gasteiger partial charge < -0.3 is 5.32 Å². The molecule has 4 saturated carbocycles. The topological polar surface area (TPSA) is 42.0 Å². The van der Waals surface area contributed by atoms with Crippen molar-refractivity contribution in [1.29, 1.82) is 0 Å². The third-order valence-corrected chi connectivity index (χ3v) is 7.34. The second kappa shape index (κ2) is 4.94. The highest BCUT2D eigenvalue weighted by molar-refractivity contribution is 5.97. The molecule has 128 valence electrons. The van der Waals surface area contributed by atoms with Gasteiger partial charge in [0, 0.05) is 18.1 Å². The van der Waals surface area contributed by atoms with Gasteiger partial charge in [0.2, 0.25) is 5.91 Å². The van der Waals surface area contributed by atoms with Crippen molar-refractivity contribution in [3.63, 3.8) is 0 Å². The first kappa shape index (κ1) is 15.1. The van der Waals surface area contributed by atoms with Gasteiger partial charge in [0.1, 0.15) is 0 Å². The molecule has 1 heterocycles. The van der Waals surface area contributed by atoms with Crippen molar-refractivity contribution in [3.05, 3.63) is 60.4 Å². The number of carbonyl (C=O) groups excluding carboxylic acids is 1. The number of anilines is 1. The monoisotopic (exact) mass is 332 g/mol. The summed E-state index contributed by atoms with van der Waals surface area (Å²) in [5.74, 6) is 0.900. The van der Waals surface area contributed by atoms with Crippen LogP contribution < -0.4 is 5.32 Å². The second-order valence-corrected chi connectivity index (χ2v) is 8.81. The maximum Gasteiger partial charge on any atom is 0.231 e. The van der Waals surface area contributed by atoms with Crippen LogP contribution in [0.2, 0.25) is 0 Å². The van der Waals surface area contributed by atoms with E-state index in [2.05, 4.69) is 47.6 Å². The molecule has 1 aromatic carbocycles. The van der Waals surface area contributed by atoms with E-state index in [1.165, 1.54) is 18.4 Å². The first-order valence-corrected chi connectivity index (χ1v) is 9.32. The summed E-state index contributed by atoms with van der Waals surface area (Å²) in [6.07, 6.45) is 9.10. The molecule has 25 heavy (non-hydrogen) atoms. The number of nitrogens with zero attached hydrogens (tertiary/aromatic N) is 1. The molecule has 4 atom stereocenters. The lowest BCUT2D eigenvalue weighted by Crippen LogP contribution is -2.42. The van der Waals surface area contributed by atoms with Crippen LogP contribution >= 0.6 is 0 Å². The van der Waals surface area contributed by atoms with E-state index in [0.29, 0.717) is 5.92 Å². The van der Waals surface area contributed by atoms with E-state index in [9.17, 15) is 4.79 Å². The number of carbonyl (C=O) groups is 1. The average molecular weight is 332 g/mol. The van der Waals surface area contributed by atoms with Gasteiger partial charge >= 0.3 is 0 Å². The van der Waals surface area contributed by atoms with Crippen molar-refractivity contribution in [1.82, 2.24) is 4.98 Å². The second-order valence-electron chi connectivity index (χ2n) is 8.81. The summed E-state index contributed by atoms with van der Waals surface area (Å²) in [5.41, 5.74) is 2.37. The van der Waals surface area contributed by atoms with Crippen LogP contribution in [0, 0.1) is 16.7 Å². The highest BCUT2D eigenvalue weighted by Crippen LogP contribution is 2.76. The first-order chi connectivity index (χ1) is 12.1. The lowest BCUT2D eigenvalue weighted by Gasteiger charge is -2.41. The van der Waals surface area contributed by atoms with Gasteiger partial charge in [-0.25, -0.2) is 0 Å². The highest BCUT2D eigenvalue weighted by Gasteiger charge is 2.72. The number of benzene rings is 1. The Balaban J connectivity index is 1.53. The van der Waals surface area contributed by atoms with Crippen molar-refractivity contribution in [2.45, 2.75) is 44.4 Å². The van der Waals surface area contributed by atoms with E-state index in [4.69, 9.17) is 0 Å². The van der Waals surface area contributed by atoms with E-state index < -0.39 is 0 Å². The SMILES string of the molecule is CC12CC3CC(c4ccccc4)(C1)CC2(C(=O)Nc1ccncc1)C3. The Morgan fingerprint density at radius 2 is 1.80 bits per heavy atom. The van der Waals surface area contributed by atoms with Gasteiger partial charge in [0.05, 0.1) is 5.41 Å². The van der Waals surface area contributed by atoms with E-state index in [1.54, 1.807) is 12.4 Å². The summed E-state index contributed by atoms with van der Waals surface area (Å²) in [7, 11) is 0. The molecular weight excluding hydrogens is 308 g/mol. The molecule has 1 N–H and O–H groups in total. The molecule has 1 aromatic heterocycles. The molecule has 0 radical (unpaired) electrons. The molecule has 4 aliphatic rings. The summed E-state index contributed by atoms with van der Waals surface area (Å²) in [6, 6.07) is 14.7. The van der Waals surface area contributed by atoms with Gasteiger partial charge in [-0.05, 0) is 66.5 Å². The number of rotatable bonds is 3. The molecule has 0 saturated heterocycles. The fourth-order valence-corrected chi connectivity index (χ4v) is 6.65. The van der Waals surface area contributed by atoms with Gasteiger partial charge in [-0.1, -0.05) is 37.3 Å². The maximum atomic E-state index is 13.4. The Kier molecular flexibility index (Phi) is 2.99. The third-order valence-electron chi connectivity index (χ3n) is 7.34. The number of hydrogen-bond donors (Lipinski definition) is 1. The number of hydrogen-bond acceptors (Lipinski definition) is 2. The number of nitrogens with one attached hydrogen (secondary N) is 1. The fourth-order valence-electron chi connectivity index (χ4n) is 6.65. The van der Waals surface area contributed by atoms with Crippen LogP contribution in [0.1, 0.15) is 44.6 Å². The predicted molar refractivity (Wildman–Crippen MR) is 98.1 cm³/mol. The largest absolute Gasteiger partial charge is 0.325 e. The minimum Gasteiger partial charge on any atom is -0.325 e. The van der Waals surface area contributed by atoms with Gasteiger partial charge in [0.25, 0.3) is 0 Å². The van der Waals surface area contributed by atoms with Crippen LogP contribution in [0.5, 0.6) is 0 Å². The lowest BCUT2D eigenvalue weighted by molar-refractivity contribution is -0.130. The van der Waals surface area contributed by atoms with Crippen LogP contribution in [0.3, 0.4) is 0 Å². The normalized spacial score (nSPS) is 38.0. The van der Waals surface area contributed by atoms with Crippen molar-refractivity contribution in [3.8, 4) is 0 Å². The Morgan fingerprint density at radius 3 is 2.56 bits per heavy atom. The van der Waals surface area contributed by atoms with Crippen molar-refractivity contribution >= 4 is 11.6 Å². The summed E-state index contributed by atoms with van der Waals surface area (Å²) >= 11 is 0. The van der Waals surface area contributed by atoms with E-state index >= 15 is 0 Å². The average Bonchev–Trinajstić information content (AvgIpc) is 2.94. The summed E-state index contributed by atoms with van der Waals surface area (Å²) in [4.78, 5) is 17.5. The molecule has 2 aromatic rings. The standard InChI is InChI=1S/C22H24N2O/c1-20-11-16-12-21(14-20,17-5-3-2-4-6-17)15-22(20,13-16)19(25)24-18-7-9-23-10-8-18/h2-10,16H,11-15H2,1H3,(H,23,24,25). The Morgan fingerprint density at radius 1 is 1.04 bits per heavy atom.